The third-order valence-corrected chi connectivity index (χ3v) is 8.64. The maximum atomic E-state index is 13.1. The van der Waals surface area contributed by atoms with Crippen LogP contribution in [0.5, 0.6) is 0 Å². The van der Waals surface area contributed by atoms with E-state index in [0.717, 1.165) is 10.2 Å². The van der Waals surface area contributed by atoms with Crippen LogP contribution in [-0.4, -0.2) is 50.0 Å². The molecule has 1 atom stereocenters. The average Bonchev–Trinajstić information content (AvgIpc) is 3.14. The van der Waals surface area contributed by atoms with Crippen LogP contribution < -0.4 is 4.80 Å². The first kappa shape index (κ1) is 23.1. The predicted molar refractivity (Wildman–Crippen MR) is 125 cm³/mol. The second-order valence-electron chi connectivity index (χ2n) is 7.61. The van der Waals surface area contributed by atoms with E-state index in [9.17, 15) is 13.2 Å². The molecule has 1 aliphatic rings. The summed E-state index contributed by atoms with van der Waals surface area (Å²) < 4.78 is 35.5. The molecule has 3 aromatic rings. The van der Waals surface area contributed by atoms with Gasteiger partial charge >= 0.3 is 0 Å². The second kappa shape index (κ2) is 9.84. The summed E-state index contributed by atoms with van der Waals surface area (Å²) in [6.07, 6.45) is 1.22. The Morgan fingerprint density at radius 2 is 2.03 bits per heavy atom. The molecule has 1 saturated heterocycles. The summed E-state index contributed by atoms with van der Waals surface area (Å²) >= 11 is 7.52. The van der Waals surface area contributed by atoms with E-state index in [2.05, 4.69) is 4.99 Å². The molecular weight excluding hydrogens is 470 g/mol. The fraction of sp³-hybridized carbons (Fsp3) is 0.364. The summed E-state index contributed by atoms with van der Waals surface area (Å²) in [6, 6.07) is 13.9. The van der Waals surface area contributed by atoms with Gasteiger partial charge in [-0.05, 0) is 43.2 Å². The van der Waals surface area contributed by atoms with Gasteiger partial charge in [-0.25, -0.2) is 8.42 Å². The minimum Gasteiger partial charge on any atom is -0.383 e. The molecule has 1 aromatic heterocycles. The molecule has 4 rings (SSSR count). The lowest BCUT2D eigenvalue weighted by molar-refractivity contribution is -0.122. The van der Waals surface area contributed by atoms with Gasteiger partial charge in [0, 0.05) is 31.8 Å². The lowest BCUT2D eigenvalue weighted by atomic mass is 9.99. The molecule has 2 heterocycles. The Bertz CT molecular complexity index is 1290. The highest BCUT2D eigenvalue weighted by Crippen LogP contribution is 2.25. The average molecular weight is 494 g/mol. The van der Waals surface area contributed by atoms with Crippen molar-refractivity contribution in [2.24, 2.45) is 10.9 Å². The van der Waals surface area contributed by atoms with Crippen LogP contribution in [0, 0.1) is 5.92 Å². The quantitative estimate of drug-likeness (QED) is 0.526. The fourth-order valence-corrected chi connectivity index (χ4v) is 6.70. The van der Waals surface area contributed by atoms with Gasteiger partial charge in [0.15, 0.2) is 4.80 Å². The van der Waals surface area contributed by atoms with Gasteiger partial charge in [-0.15, -0.1) is 0 Å². The van der Waals surface area contributed by atoms with Crippen LogP contribution >= 0.6 is 22.9 Å². The summed E-state index contributed by atoms with van der Waals surface area (Å²) in [4.78, 5) is 18.3. The lowest BCUT2D eigenvalue weighted by Gasteiger charge is -2.30. The van der Waals surface area contributed by atoms with Crippen molar-refractivity contribution in [1.82, 2.24) is 8.87 Å². The molecule has 1 aliphatic heterocycles. The van der Waals surface area contributed by atoms with E-state index in [-0.39, 0.29) is 17.3 Å². The molecule has 1 unspecified atom stereocenters. The van der Waals surface area contributed by atoms with Crippen molar-refractivity contribution in [2.75, 3.05) is 26.8 Å². The van der Waals surface area contributed by atoms with E-state index >= 15 is 0 Å². The van der Waals surface area contributed by atoms with Gasteiger partial charge in [0.05, 0.1) is 27.6 Å². The summed E-state index contributed by atoms with van der Waals surface area (Å²) in [5.74, 6) is -0.784. The Morgan fingerprint density at radius 1 is 1.25 bits per heavy atom. The third kappa shape index (κ3) is 4.82. The standard InChI is InChI=1S/C22H24ClN3O4S2/c1-30-13-12-26-19-10-9-17(23)14-20(19)31-22(26)24-21(27)16-6-5-11-25(15-16)32(28,29)18-7-3-2-4-8-18/h2-4,7-10,14,16H,5-6,11-13,15H2,1H3. The molecule has 0 bridgehead atoms. The number of halogens is 1. The van der Waals surface area contributed by atoms with Crippen molar-refractivity contribution in [3.63, 3.8) is 0 Å². The predicted octanol–water partition coefficient (Wildman–Crippen LogP) is 3.53. The number of carbonyl (C=O) groups is 1. The molecular formula is C22H24ClN3O4S2. The van der Waals surface area contributed by atoms with E-state index in [1.807, 2.05) is 16.7 Å². The highest BCUT2D eigenvalue weighted by atomic mass is 35.5. The lowest BCUT2D eigenvalue weighted by Crippen LogP contribution is -2.42. The number of piperidine rings is 1. The van der Waals surface area contributed by atoms with Crippen LogP contribution in [0.1, 0.15) is 12.8 Å². The smallest absolute Gasteiger partial charge is 0.252 e. The number of methoxy groups -OCH3 is 1. The highest BCUT2D eigenvalue weighted by Gasteiger charge is 2.33. The van der Waals surface area contributed by atoms with Crippen LogP contribution in [0.25, 0.3) is 10.2 Å². The van der Waals surface area contributed by atoms with E-state index in [1.54, 1.807) is 43.5 Å². The van der Waals surface area contributed by atoms with Crippen LogP contribution in [0.4, 0.5) is 0 Å². The summed E-state index contributed by atoms with van der Waals surface area (Å²) in [7, 11) is -2.02. The molecule has 1 amide bonds. The van der Waals surface area contributed by atoms with E-state index in [4.69, 9.17) is 16.3 Å². The van der Waals surface area contributed by atoms with Crippen LogP contribution in [0.2, 0.25) is 5.02 Å². The van der Waals surface area contributed by atoms with Crippen molar-refractivity contribution in [3.05, 3.63) is 58.4 Å². The van der Waals surface area contributed by atoms with Crippen molar-refractivity contribution >= 4 is 49.1 Å². The molecule has 2 aromatic carbocycles. The first-order chi connectivity index (χ1) is 15.4. The molecule has 7 nitrogen and oxygen atoms in total. The molecule has 0 saturated carbocycles. The molecule has 1 fully saturated rings. The minimum atomic E-state index is -3.64. The summed E-state index contributed by atoms with van der Waals surface area (Å²) in [5, 5.41) is 0.615. The monoisotopic (exact) mass is 493 g/mol. The van der Waals surface area contributed by atoms with Crippen LogP contribution in [-0.2, 0) is 26.1 Å². The summed E-state index contributed by atoms with van der Waals surface area (Å²) in [6.45, 7) is 1.55. The SMILES string of the molecule is COCCn1c(=NC(=O)C2CCCN(S(=O)(=O)c3ccccc3)C2)sc2cc(Cl)ccc21. The normalized spacial score (nSPS) is 18.3. The number of thiazole rings is 1. The zero-order valence-corrected chi connectivity index (χ0v) is 20.0. The zero-order chi connectivity index (χ0) is 22.7. The zero-order valence-electron chi connectivity index (χ0n) is 17.6. The van der Waals surface area contributed by atoms with Crippen LogP contribution in [0.3, 0.4) is 0 Å². The summed E-state index contributed by atoms with van der Waals surface area (Å²) in [5.41, 5.74) is 0.930. The Morgan fingerprint density at radius 3 is 2.78 bits per heavy atom. The molecule has 32 heavy (non-hydrogen) atoms. The molecule has 170 valence electrons. The number of nitrogens with zero attached hydrogens (tertiary/aromatic N) is 3. The number of hydrogen-bond donors (Lipinski definition) is 0. The number of benzene rings is 2. The number of rotatable bonds is 6. The Kier molecular flexibility index (Phi) is 7.11. The van der Waals surface area contributed by atoms with E-state index in [1.165, 1.54) is 15.6 Å². The number of sulfonamides is 1. The number of fused-ring (bicyclic) bond motifs is 1. The van der Waals surface area contributed by atoms with Gasteiger partial charge in [0.2, 0.25) is 10.0 Å². The second-order valence-corrected chi connectivity index (χ2v) is 11.0. The van der Waals surface area contributed by atoms with Crippen molar-refractivity contribution in [3.8, 4) is 0 Å². The van der Waals surface area contributed by atoms with Gasteiger partial charge in [-0.1, -0.05) is 41.1 Å². The van der Waals surface area contributed by atoms with Gasteiger partial charge in [0.1, 0.15) is 0 Å². The van der Waals surface area contributed by atoms with Gasteiger partial charge in [0.25, 0.3) is 5.91 Å². The molecule has 0 N–H and O–H groups in total. The molecule has 0 aliphatic carbocycles. The Labute approximate surface area is 196 Å². The van der Waals surface area contributed by atoms with Gasteiger partial charge < -0.3 is 9.30 Å². The molecule has 0 spiro atoms. The molecule has 0 radical (unpaired) electrons. The third-order valence-electron chi connectivity index (χ3n) is 5.48. The first-order valence-electron chi connectivity index (χ1n) is 10.3. The number of ether oxygens (including phenoxy) is 1. The fourth-order valence-electron chi connectivity index (χ4n) is 3.82. The highest BCUT2D eigenvalue weighted by molar-refractivity contribution is 7.89. The number of hydrogen-bond acceptors (Lipinski definition) is 5. The Hall–Kier alpha value is -2.04. The first-order valence-corrected chi connectivity index (χ1v) is 12.9. The number of amides is 1. The van der Waals surface area contributed by atoms with Crippen molar-refractivity contribution < 1.29 is 17.9 Å². The maximum absolute atomic E-state index is 13.1. The molecule has 10 heteroatoms. The van der Waals surface area contributed by atoms with E-state index < -0.39 is 15.9 Å². The minimum absolute atomic E-state index is 0.133. The topological polar surface area (TPSA) is 81.0 Å². The Balaban J connectivity index is 1.62. The number of carbonyl (C=O) groups excluding carboxylic acids is 1. The largest absolute Gasteiger partial charge is 0.383 e. The van der Waals surface area contributed by atoms with Gasteiger partial charge in [-0.3, -0.25) is 4.79 Å². The maximum Gasteiger partial charge on any atom is 0.252 e. The number of aromatic nitrogens is 1. The van der Waals surface area contributed by atoms with Crippen molar-refractivity contribution in [1.29, 1.82) is 0 Å². The van der Waals surface area contributed by atoms with Crippen molar-refractivity contribution in [2.45, 2.75) is 24.3 Å². The van der Waals surface area contributed by atoms with E-state index in [0.29, 0.717) is 42.4 Å². The van der Waals surface area contributed by atoms with Crippen LogP contribution in [0.15, 0.2) is 58.4 Å². The van der Waals surface area contributed by atoms with Gasteiger partial charge in [-0.2, -0.15) is 9.30 Å².